The van der Waals surface area contributed by atoms with Crippen LogP contribution in [0.3, 0.4) is 0 Å². The smallest absolute Gasteiger partial charge is 0.321 e. The fraction of sp³-hybridized carbons (Fsp3) is 0.562. The van der Waals surface area contributed by atoms with Crippen LogP contribution in [0.25, 0.3) is 0 Å². The number of urea groups is 1. The number of hydrogen-bond donors (Lipinski definition) is 1. The molecule has 4 nitrogen and oxygen atoms in total. The summed E-state index contributed by atoms with van der Waals surface area (Å²) in [7, 11) is 0. The molecular weight excluding hydrogens is 250 g/mol. The Bertz CT molecular complexity index is 465. The first kappa shape index (κ1) is 14.9. The van der Waals surface area contributed by atoms with E-state index in [1.807, 2.05) is 24.0 Å². The molecule has 0 radical (unpaired) electrons. The van der Waals surface area contributed by atoms with Gasteiger partial charge in [-0.25, -0.2) is 4.79 Å². The third kappa shape index (κ3) is 3.31. The lowest BCUT2D eigenvalue weighted by Gasteiger charge is -2.34. The fourth-order valence-electron chi connectivity index (χ4n) is 2.66. The predicted molar refractivity (Wildman–Crippen MR) is 83.3 cm³/mol. The van der Waals surface area contributed by atoms with Crippen molar-refractivity contribution in [2.75, 3.05) is 38.0 Å². The number of carbonyl (C=O) groups excluding carboxylic acids is 1. The van der Waals surface area contributed by atoms with E-state index >= 15 is 0 Å². The van der Waals surface area contributed by atoms with Crippen molar-refractivity contribution in [1.82, 2.24) is 9.80 Å². The SMILES string of the molecule is CCc1cccc(C)c1NC(=O)N1CCN(CC)CC1. The maximum absolute atomic E-state index is 12.4. The Kier molecular flexibility index (Phi) is 5.01. The molecule has 0 saturated carbocycles. The van der Waals surface area contributed by atoms with Crippen LogP contribution in [0.1, 0.15) is 25.0 Å². The number of carbonyl (C=O) groups is 1. The van der Waals surface area contributed by atoms with Crippen LogP contribution in [0.2, 0.25) is 0 Å². The minimum absolute atomic E-state index is 0.0322. The summed E-state index contributed by atoms with van der Waals surface area (Å²) in [5.74, 6) is 0. The largest absolute Gasteiger partial charge is 0.322 e. The fourth-order valence-corrected chi connectivity index (χ4v) is 2.66. The maximum atomic E-state index is 12.4. The van der Waals surface area contributed by atoms with Gasteiger partial charge in [-0.2, -0.15) is 0 Å². The zero-order valence-electron chi connectivity index (χ0n) is 12.8. The average molecular weight is 275 g/mol. The van der Waals surface area contributed by atoms with Gasteiger partial charge in [-0.3, -0.25) is 0 Å². The molecule has 1 aromatic rings. The van der Waals surface area contributed by atoms with Crippen LogP contribution in [0, 0.1) is 6.92 Å². The van der Waals surface area contributed by atoms with Crippen LogP contribution < -0.4 is 5.32 Å². The molecule has 0 spiro atoms. The van der Waals surface area contributed by atoms with E-state index in [1.165, 1.54) is 5.56 Å². The number of nitrogens with zero attached hydrogens (tertiary/aromatic N) is 2. The summed E-state index contributed by atoms with van der Waals surface area (Å²) in [6.45, 7) is 11.0. The molecule has 1 heterocycles. The summed E-state index contributed by atoms with van der Waals surface area (Å²) < 4.78 is 0. The van der Waals surface area contributed by atoms with E-state index in [-0.39, 0.29) is 6.03 Å². The van der Waals surface area contributed by atoms with Gasteiger partial charge in [0, 0.05) is 31.9 Å². The van der Waals surface area contributed by atoms with Crippen molar-refractivity contribution in [3.8, 4) is 0 Å². The van der Waals surface area contributed by atoms with Crippen molar-refractivity contribution in [2.45, 2.75) is 27.2 Å². The molecule has 1 aromatic carbocycles. The highest BCUT2D eigenvalue weighted by Crippen LogP contribution is 2.21. The van der Waals surface area contributed by atoms with Crippen molar-refractivity contribution in [1.29, 1.82) is 0 Å². The van der Waals surface area contributed by atoms with Crippen molar-refractivity contribution in [3.63, 3.8) is 0 Å². The second-order valence-electron chi connectivity index (χ2n) is 5.31. The normalized spacial score (nSPS) is 16.2. The average Bonchev–Trinajstić information content (AvgIpc) is 2.49. The third-order valence-corrected chi connectivity index (χ3v) is 4.08. The number of piperazine rings is 1. The molecular formula is C16H25N3O. The molecule has 20 heavy (non-hydrogen) atoms. The van der Waals surface area contributed by atoms with Crippen molar-refractivity contribution in [3.05, 3.63) is 29.3 Å². The summed E-state index contributed by atoms with van der Waals surface area (Å²) in [5.41, 5.74) is 3.31. The quantitative estimate of drug-likeness (QED) is 0.920. The lowest BCUT2D eigenvalue weighted by atomic mass is 10.1. The van der Waals surface area contributed by atoms with Gasteiger partial charge in [-0.05, 0) is 31.0 Å². The Balaban J connectivity index is 2.02. The molecule has 0 aliphatic carbocycles. The monoisotopic (exact) mass is 275 g/mol. The highest BCUT2D eigenvalue weighted by molar-refractivity contribution is 5.91. The van der Waals surface area contributed by atoms with Gasteiger partial charge in [-0.15, -0.1) is 0 Å². The van der Waals surface area contributed by atoms with Crippen LogP contribution >= 0.6 is 0 Å². The molecule has 1 saturated heterocycles. The molecule has 0 aromatic heterocycles. The minimum Gasteiger partial charge on any atom is -0.322 e. The molecule has 0 atom stereocenters. The van der Waals surface area contributed by atoms with E-state index in [0.717, 1.165) is 50.4 Å². The van der Waals surface area contributed by atoms with Gasteiger partial charge < -0.3 is 15.1 Å². The van der Waals surface area contributed by atoms with Gasteiger partial charge in [0.05, 0.1) is 0 Å². The highest BCUT2D eigenvalue weighted by atomic mass is 16.2. The van der Waals surface area contributed by atoms with Gasteiger partial charge in [0.1, 0.15) is 0 Å². The van der Waals surface area contributed by atoms with Crippen molar-refractivity contribution >= 4 is 11.7 Å². The van der Waals surface area contributed by atoms with Crippen LogP contribution in [0.15, 0.2) is 18.2 Å². The molecule has 4 heteroatoms. The van der Waals surface area contributed by atoms with E-state index in [9.17, 15) is 4.79 Å². The maximum Gasteiger partial charge on any atom is 0.321 e. The summed E-state index contributed by atoms with van der Waals surface area (Å²) >= 11 is 0. The molecule has 0 unspecified atom stereocenters. The second kappa shape index (κ2) is 6.75. The predicted octanol–water partition coefficient (Wildman–Crippen LogP) is 2.73. The molecule has 1 N–H and O–H groups in total. The highest BCUT2D eigenvalue weighted by Gasteiger charge is 2.21. The number of hydrogen-bond acceptors (Lipinski definition) is 2. The zero-order chi connectivity index (χ0) is 14.5. The molecule has 2 amide bonds. The Morgan fingerprint density at radius 3 is 2.50 bits per heavy atom. The van der Waals surface area contributed by atoms with E-state index in [1.54, 1.807) is 0 Å². The summed E-state index contributed by atoms with van der Waals surface area (Å²) in [6, 6.07) is 6.20. The van der Waals surface area contributed by atoms with Gasteiger partial charge in [0.2, 0.25) is 0 Å². The lowest BCUT2D eigenvalue weighted by Crippen LogP contribution is -2.49. The standard InChI is InChI=1S/C16H25N3O/c1-4-14-8-6-7-13(3)15(14)17-16(20)19-11-9-18(5-2)10-12-19/h6-8H,4-5,9-12H2,1-3H3,(H,17,20). The summed E-state index contributed by atoms with van der Waals surface area (Å²) in [5, 5.41) is 3.10. The Morgan fingerprint density at radius 1 is 1.20 bits per heavy atom. The number of amides is 2. The molecule has 1 aliphatic rings. The number of likely N-dealkylation sites (N-methyl/N-ethyl adjacent to an activating group) is 1. The Hall–Kier alpha value is -1.55. The van der Waals surface area contributed by atoms with E-state index in [2.05, 4.69) is 30.1 Å². The van der Waals surface area contributed by atoms with Crippen LogP contribution in [0.5, 0.6) is 0 Å². The van der Waals surface area contributed by atoms with Crippen LogP contribution in [0.4, 0.5) is 10.5 Å². The third-order valence-electron chi connectivity index (χ3n) is 4.08. The first-order valence-electron chi connectivity index (χ1n) is 7.52. The summed E-state index contributed by atoms with van der Waals surface area (Å²) in [4.78, 5) is 16.7. The van der Waals surface area contributed by atoms with Gasteiger partial charge in [0.25, 0.3) is 0 Å². The number of anilines is 1. The first-order chi connectivity index (χ1) is 9.65. The topological polar surface area (TPSA) is 35.6 Å². The van der Waals surface area contributed by atoms with Gasteiger partial charge in [0.15, 0.2) is 0 Å². The first-order valence-corrected chi connectivity index (χ1v) is 7.52. The zero-order valence-corrected chi connectivity index (χ0v) is 12.8. The lowest BCUT2D eigenvalue weighted by molar-refractivity contribution is 0.151. The Labute approximate surface area is 121 Å². The van der Waals surface area contributed by atoms with Gasteiger partial charge >= 0.3 is 6.03 Å². The molecule has 0 bridgehead atoms. The molecule has 1 aliphatic heterocycles. The van der Waals surface area contributed by atoms with E-state index in [0.29, 0.717) is 0 Å². The number of rotatable bonds is 3. The minimum atomic E-state index is 0.0322. The van der Waals surface area contributed by atoms with E-state index in [4.69, 9.17) is 0 Å². The number of benzene rings is 1. The van der Waals surface area contributed by atoms with Crippen LogP contribution in [-0.4, -0.2) is 48.6 Å². The number of nitrogens with one attached hydrogen (secondary N) is 1. The van der Waals surface area contributed by atoms with Crippen LogP contribution in [-0.2, 0) is 6.42 Å². The van der Waals surface area contributed by atoms with Crippen molar-refractivity contribution in [2.24, 2.45) is 0 Å². The summed E-state index contributed by atoms with van der Waals surface area (Å²) in [6.07, 6.45) is 0.931. The van der Waals surface area contributed by atoms with Crippen molar-refractivity contribution < 1.29 is 4.79 Å². The van der Waals surface area contributed by atoms with Gasteiger partial charge in [-0.1, -0.05) is 32.0 Å². The second-order valence-corrected chi connectivity index (χ2v) is 5.31. The Morgan fingerprint density at radius 2 is 1.90 bits per heavy atom. The van der Waals surface area contributed by atoms with E-state index < -0.39 is 0 Å². The number of para-hydroxylation sites is 1. The number of aryl methyl sites for hydroxylation is 2. The molecule has 2 rings (SSSR count). The molecule has 110 valence electrons. The molecule has 1 fully saturated rings.